The van der Waals surface area contributed by atoms with Gasteiger partial charge in [0.2, 0.25) is 0 Å². The molecule has 0 saturated heterocycles. The fraction of sp³-hybridized carbons (Fsp3) is 0.273. The highest BCUT2D eigenvalue weighted by Gasteiger charge is 2.15. The van der Waals surface area contributed by atoms with Crippen molar-refractivity contribution in [3.8, 4) is 11.4 Å². The molecule has 2 aromatic carbocycles. The predicted molar refractivity (Wildman–Crippen MR) is 125 cm³/mol. The topological polar surface area (TPSA) is 94.8 Å². The Hall–Kier alpha value is -3.04. The number of aryl methyl sites for hydroxylation is 1. The van der Waals surface area contributed by atoms with Gasteiger partial charge in [0.1, 0.15) is 0 Å². The molecule has 4 rings (SSSR count). The van der Waals surface area contributed by atoms with Crippen molar-refractivity contribution in [2.75, 3.05) is 12.4 Å². The Morgan fingerprint density at radius 2 is 1.91 bits per heavy atom. The monoisotopic (exact) mass is 471 g/mol. The van der Waals surface area contributed by atoms with E-state index in [-0.39, 0.29) is 24.0 Å². The van der Waals surface area contributed by atoms with Crippen LogP contribution in [0.5, 0.6) is 0 Å². The van der Waals surface area contributed by atoms with Crippen molar-refractivity contribution in [1.29, 1.82) is 0 Å². The molecule has 2 heterocycles. The van der Waals surface area contributed by atoms with E-state index in [2.05, 4.69) is 15.2 Å². The average molecular weight is 472 g/mol. The standard InChI is InChI=1S/C22H22ClN5O3S/c1-2-27-20(15-8-10-16(23)11-9-15)25-26-22(27)32-14-19(29)31-13-5-12-28-18-7-4-3-6-17(18)24-21(28)30/h3-4,6-11H,2,5,12-14H2,1H3,(H,24,30). The van der Waals surface area contributed by atoms with Crippen LogP contribution in [-0.4, -0.2) is 42.6 Å². The number of nitrogens with zero attached hydrogens (tertiary/aromatic N) is 4. The van der Waals surface area contributed by atoms with Gasteiger partial charge in [-0.05, 0) is 49.7 Å². The van der Waals surface area contributed by atoms with Gasteiger partial charge in [0.05, 0.1) is 23.4 Å². The summed E-state index contributed by atoms with van der Waals surface area (Å²) in [6, 6.07) is 14.9. The van der Waals surface area contributed by atoms with Crippen LogP contribution in [0.25, 0.3) is 22.4 Å². The van der Waals surface area contributed by atoms with Crippen LogP contribution in [0.15, 0.2) is 58.5 Å². The molecule has 0 aliphatic carbocycles. The van der Waals surface area contributed by atoms with Gasteiger partial charge in [0, 0.05) is 23.7 Å². The zero-order valence-electron chi connectivity index (χ0n) is 17.5. The molecule has 0 unspecified atom stereocenters. The predicted octanol–water partition coefficient (Wildman–Crippen LogP) is 3.99. The Bertz CT molecular complexity index is 1280. The number of hydrogen-bond acceptors (Lipinski definition) is 6. The third-order valence-corrected chi connectivity index (χ3v) is 6.12. The smallest absolute Gasteiger partial charge is 0.326 e. The number of halogens is 1. The van der Waals surface area contributed by atoms with E-state index in [9.17, 15) is 9.59 Å². The van der Waals surface area contributed by atoms with E-state index < -0.39 is 0 Å². The summed E-state index contributed by atoms with van der Waals surface area (Å²) in [5.41, 5.74) is 2.38. The fourth-order valence-electron chi connectivity index (χ4n) is 3.40. The Balaban J connectivity index is 1.28. The van der Waals surface area contributed by atoms with Crippen molar-refractivity contribution < 1.29 is 9.53 Å². The summed E-state index contributed by atoms with van der Waals surface area (Å²) >= 11 is 7.25. The number of aromatic amines is 1. The summed E-state index contributed by atoms with van der Waals surface area (Å²) in [6.45, 7) is 3.37. The lowest BCUT2D eigenvalue weighted by Crippen LogP contribution is -2.18. The summed E-state index contributed by atoms with van der Waals surface area (Å²) in [5, 5.41) is 9.79. The van der Waals surface area contributed by atoms with Crippen molar-refractivity contribution in [2.45, 2.75) is 31.6 Å². The molecule has 2 aromatic heterocycles. The van der Waals surface area contributed by atoms with E-state index in [0.717, 1.165) is 22.4 Å². The molecule has 0 radical (unpaired) electrons. The first-order valence-electron chi connectivity index (χ1n) is 10.2. The molecule has 10 heteroatoms. The minimum atomic E-state index is -0.333. The summed E-state index contributed by atoms with van der Waals surface area (Å²) in [6.07, 6.45) is 0.546. The van der Waals surface area contributed by atoms with E-state index in [1.54, 1.807) is 16.7 Å². The highest BCUT2D eigenvalue weighted by Crippen LogP contribution is 2.25. The van der Waals surface area contributed by atoms with Gasteiger partial charge < -0.3 is 14.3 Å². The summed E-state index contributed by atoms with van der Waals surface area (Å²) in [4.78, 5) is 27.1. The normalized spacial score (nSPS) is 11.2. The van der Waals surface area contributed by atoms with Gasteiger partial charge >= 0.3 is 11.7 Å². The van der Waals surface area contributed by atoms with Crippen LogP contribution in [-0.2, 0) is 22.6 Å². The van der Waals surface area contributed by atoms with E-state index in [1.807, 2.05) is 47.9 Å². The molecule has 32 heavy (non-hydrogen) atoms. The molecule has 4 aromatic rings. The number of nitrogens with one attached hydrogen (secondary N) is 1. The van der Waals surface area contributed by atoms with Crippen LogP contribution in [0.3, 0.4) is 0 Å². The highest BCUT2D eigenvalue weighted by atomic mass is 35.5. The molecule has 166 valence electrons. The number of carbonyl (C=O) groups is 1. The fourth-order valence-corrected chi connectivity index (χ4v) is 4.32. The SMILES string of the molecule is CCn1c(SCC(=O)OCCCn2c(=O)[nH]c3ccccc32)nnc1-c1ccc(Cl)cc1. The van der Waals surface area contributed by atoms with Gasteiger partial charge in [0.15, 0.2) is 11.0 Å². The third-order valence-electron chi connectivity index (χ3n) is 4.93. The van der Waals surface area contributed by atoms with Gasteiger partial charge in [-0.25, -0.2) is 4.79 Å². The van der Waals surface area contributed by atoms with Crippen molar-refractivity contribution in [3.05, 3.63) is 64.0 Å². The number of rotatable bonds is 9. The lowest BCUT2D eigenvalue weighted by Gasteiger charge is -2.08. The minimum absolute atomic E-state index is 0.131. The van der Waals surface area contributed by atoms with Crippen LogP contribution in [0.2, 0.25) is 5.02 Å². The number of imidazole rings is 1. The second-order valence-electron chi connectivity index (χ2n) is 7.02. The number of hydrogen-bond donors (Lipinski definition) is 1. The average Bonchev–Trinajstić information content (AvgIpc) is 3.35. The molecule has 1 N–H and O–H groups in total. The van der Waals surface area contributed by atoms with Crippen LogP contribution < -0.4 is 5.69 Å². The van der Waals surface area contributed by atoms with E-state index in [0.29, 0.717) is 29.7 Å². The molecular formula is C22H22ClN5O3S. The molecular weight excluding hydrogens is 450 g/mol. The zero-order valence-corrected chi connectivity index (χ0v) is 19.0. The number of H-pyrrole nitrogens is 1. The Kier molecular flexibility index (Phi) is 6.96. The van der Waals surface area contributed by atoms with Crippen LogP contribution >= 0.6 is 23.4 Å². The summed E-state index contributed by atoms with van der Waals surface area (Å²) in [7, 11) is 0. The first kappa shape index (κ1) is 22.2. The number of para-hydroxylation sites is 2. The highest BCUT2D eigenvalue weighted by molar-refractivity contribution is 7.99. The number of fused-ring (bicyclic) bond motifs is 1. The molecule has 0 saturated carbocycles. The number of aromatic nitrogens is 5. The van der Waals surface area contributed by atoms with Gasteiger partial charge in [0.25, 0.3) is 0 Å². The number of benzene rings is 2. The lowest BCUT2D eigenvalue weighted by atomic mass is 10.2. The molecule has 0 atom stereocenters. The third kappa shape index (κ3) is 4.89. The first-order chi connectivity index (χ1) is 15.6. The Labute approximate surface area is 193 Å². The lowest BCUT2D eigenvalue weighted by molar-refractivity contribution is -0.140. The second kappa shape index (κ2) is 10.1. The maximum atomic E-state index is 12.2. The molecule has 0 bridgehead atoms. The van der Waals surface area contributed by atoms with Crippen LogP contribution in [0.1, 0.15) is 13.3 Å². The van der Waals surface area contributed by atoms with E-state index in [4.69, 9.17) is 16.3 Å². The van der Waals surface area contributed by atoms with Crippen molar-refractivity contribution in [1.82, 2.24) is 24.3 Å². The van der Waals surface area contributed by atoms with Crippen molar-refractivity contribution >= 4 is 40.4 Å². The second-order valence-corrected chi connectivity index (χ2v) is 8.40. The van der Waals surface area contributed by atoms with Crippen LogP contribution in [0.4, 0.5) is 0 Å². The number of thioether (sulfide) groups is 1. The van der Waals surface area contributed by atoms with E-state index >= 15 is 0 Å². The maximum Gasteiger partial charge on any atom is 0.326 e. The van der Waals surface area contributed by atoms with Gasteiger partial charge in [-0.15, -0.1) is 10.2 Å². The number of carbonyl (C=O) groups excluding carboxylic acids is 1. The zero-order chi connectivity index (χ0) is 22.5. The van der Waals surface area contributed by atoms with Crippen molar-refractivity contribution in [3.63, 3.8) is 0 Å². The molecule has 0 aliphatic rings. The molecule has 0 aliphatic heterocycles. The largest absolute Gasteiger partial charge is 0.465 e. The molecule has 0 fully saturated rings. The van der Waals surface area contributed by atoms with Crippen molar-refractivity contribution in [2.24, 2.45) is 0 Å². The quantitative estimate of drug-likeness (QED) is 0.225. The minimum Gasteiger partial charge on any atom is -0.465 e. The number of ether oxygens (including phenoxy) is 1. The molecule has 0 spiro atoms. The van der Waals surface area contributed by atoms with Gasteiger partial charge in [-0.1, -0.05) is 35.5 Å². The summed E-state index contributed by atoms with van der Waals surface area (Å²) in [5.74, 6) is 0.523. The number of esters is 1. The Morgan fingerprint density at radius 1 is 1.12 bits per heavy atom. The molecule has 8 nitrogen and oxygen atoms in total. The van der Waals surface area contributed by atoms with Crippen LogP contribution in [0, 0.1) is 0 Å². The van der Waals surface area contributed by atoms with E-state index in [1.165, 1.54) is 11.8 Å². The first-order valence-corrected chi connectivity index (χ1v) is 11.6. The van der Waals surface area contributed by atoms with Gasteiger partial charge in [-0.2, -0.15) is 0 Å². The summed E-state index contributed by atoms with van der Waals surface area (Å²) < 4.78 is 8.94. The maximum absolute atomic E-state index is 12.2. The Morgan fingerprint density at radius 3 is 2.69 bits per heavy atom. The molecule has 0 amide bonds. The van der Waals surface area contributed by atoms with Gasteiger partial charge in [-0.3, -0.25) is 9.36 Å².